The highest BCUT2D eigenvalue weighted by atomic mass is 32.2. The summed E-state index contributed by atoms with van der Waals surface area (Å²) in [7, 11) is -3.85. The van der Waals surface area contributed by atoms with Crippen molar-refractivity contribution < 1.29 is 18.3 Å². The Morgan fingerprint density at radius 3 is 2.87 bits per heavy atom. The molecule has 23 heavy (non-hydrogen) atoms. The van der Waals surface area contributed by atoms with E-state index in [1.54, 1.807) is 17.6 Å². The average Bonchev–Trinajstić information content (AvgIpc) is 3.14. The maximum Gasteiger partial charge on any atom is 0.302 e. The van der Waals surface area contributed by atoms with Gasteiger partial charge in [0, 0.05) is 11.6 Å². The van der Waals surface area contributed by atoms with E-state index in [9.17, 15) is 18.3 Å². The van der Waals surface area contributed by atoms with Crippen LogP contribution in [0.4, 0.5) is 5.69 Å². The number of carbonyl (C=O) groups excluding carboxylic acids is 1. The van der Waals surface area contributed by atoms with E-state index in [4.69, 9.17) is 5.73 Å². The molecule has 0 radical (unpaired) electrons. The molecule has 3 rings (SSSR count). The Balaban J connectivity index is 1.93. The fourth-order valence-electron chi connectivity index (χ4n) is 2.34. The molecule has 122 valence electrons. The number of aromatic hydroxyl groups is 1. The van der Waals surface area contributed by atoms with Crippen LogP contribution < -0.4 is 14.8 Å². The van der Waals surface area contributed by atoms with Gasteiger partial charge in [0.15, 0.2) is 0 Å². The number of nitrogens with zero attached hydrogens (tertiary/aromatic N) is 2. The molecule has 1 aliphatic rings. The molecule has 2 unspecified atom stereocenters. The fourth-order valence-corrected chi connectivity index (χ4v) is 4.42. The maximum atomic E-state index is 12.0. The lowest BCUT2D eigenvalue weighted by molar-refractivity contribution is -0.108. The highest BCUT2D eigenvalue weighted by molar-refractivity contribution is 7.91. The molecule has 10 heteroatoms. The average molecular weight is 354 g/mol. The number of anilines is 1. The van der Waals surface area contributed by atoms with Crippen LogP contribution in [0.25, 0.3) is 0 Å². The van der Waals surface area contributed by atoms with E-state index in [1.807, 2.05) is 0 Å². The number of carbonyl (C=O) groups is 1. The Hall–Kier alpha value is -2.01. The molecule has 1 aromatic heterocycles. The highest BCUT2D eigenvalue weighted by Crippen LogP contribution is 2.34. The van der Waals surface area contributed by atoms with E-state index in [-0.39, 0.29) is 18.0 Å². The number of hydrogen-bond donors (Lipinski definition) is 3. The van der Waals surface area contributed by atoms with Gasteiger partial charge in [0.05, 0.1) is 24.3 Å². The lowest BCUT2D eigenvalue weighted by atomic mass is 10.1. The first-order valence-electron chi connectivity index (χ1n) is 6.65. The predicted molar refractivity (Wildman–Crippen MR) is 85.5 cm³/mol. The largest absolute Gasteiger partial charge is 0.506 e. The van der Waals surface area contributed by atoms with E-state index in [0.717, 1.165) is 4.31 Å². The Morgan fingerprint density at radius 2 is 2.30 bits per heavy atom. The van der Waals surface area contributed by atoms with Crippen molar-refractivity contribution in [3.05, 3.63) is 40.3 Å². The fraction of sp³-hybridized carbons (Fsp3) is 0.231. The zero-order chi connectivity index (χ0) is 16.6. The van der Waals surface area contributed by atoms with Crippen molar-refractivity contribution in [2.24, 2.45) is 5.73 Å². The first-order valence-corrected chi connectivity index (χ1v) is 8.97. The number of phenols is 1. The molecular weight excluding hydrogens is 340 g/mol. The number of nitrogens with two attached hydrogens (primary N) is 1. The van der Waals surface area contributed by atoms with E-state index >= 15 is 0 Å². The zero-order valence-electron chi connectivity index (χ0n) is 11.8. The zero-order valence-corrected chi connectivity index (χ0v) is 13.4. The highest BCUT2D eigenvalue weighted by Gasteiger charge is 2.36. The number of phenolic OH excluding ortho intramolecular Hbond substituents is 1. The van der Waals surface area contributed by atoms with Gasteiger partial charge in [-0.25, -0.2) is 4.98 Å². The van der Waals surface area contributed by atoms with Gasteiger partial charge >= 0.3 is 10.2 Å². The van der Waals surface area contributed by atoms with Gasteiger partial charge < -0.3 is 15.6 Å². The van der Waals surface area contributed by atoms with Gasteiger partial charge in [0.25, 0.3) is 0 Å². The van der Waals surface area contributed by atoms with E-state index in [1.165, 1.54) is 23.5 Å². The number of thiazole rings is 1. The summed E-state index contributed by atoms with van der Waals surface area (Å²) in [5.41, 5.74) is 6.78. The predicted octanol–water partition coefficient (Wildman–Crippen LogP) is 0.119. The SMILES string of the molecule is NC(c1ccc(N2CC(C=O)NS2(=O)=O)c(O)c1)c1nccs1. The number of aromatic nitrogens is 1. The minimum atomic E-state index is -3.85. The van der Waals surface area contributed by atoms with Gasteiger partial charge in [0.2, 0.25) is 0 Å². The smallest absolute Gasteiger partial charge is 0.302 e. The van der Waals surface area contributed by atoms with Gasteiger partial charge in [-0.2, -0.15) is 13.1 Å². The van der Waals surface area contributed by atoms with Crippen LogP contribution in [-0.4, -0.2) is 37.4 Å². The van der Waals surface area contributed by atoms with Crippen LogP contribution in [0.1, 0.15) is 16.6 Å². The third-order valence-electron chi connectivity index (χ3n) is 3.46. The molecule has 1 saturated heterocycles. The number of benzene rings is 1. The van der Waals surface area contributed by atoms with Gasteiger partial charge in [-0.05, 0) is 17.7 Å². The van der Waals surface area contributed by atoms with Crippen LogP contribution in [0.3, 0.4) is 0 Å². The van der Waals surface area contributed by atoms with Crippen LogP contribution in [-0.2, 0) is 15.0 Å². The molecule has 2 aromatic rings. The number of nitrogens with one attached hydrogen (secondary N) is 1. The molecule has 2 heterocycles. The molecule has 0 saturated carbocycles. The minimum Gasteiger partial charge on any atom is -0.506 e. The monoisotopic (exact) mass is 354 g/mol. The van der Waals surface area contributed by atoms with Gasteiger partial charge in [-0.15, -0.1) is 11.3 Å². The molecule has 0 amide bonds. The van der Waals surface area contributed by atoms with Crippen molar-refractivity contribution in [1.29, 1.82) is 0 Å². The summed E-state index contributed by atoms with van der Waals surface area (Å²) in [6.07, 6.45) is 2.15. The van der Waals surface area contributed by atoms with Crippen LogP contribution in [0.2, 0.25) is 0 Å². The standard InChI is InChI=1S/C13H14N4O4S2/c14-12(13-15-3-4-22-13)8-1-2-10(11(19)5-8)17-6-9(7-18)16-23(17,20)21/h1-5,7,9,12,16,19H,6,14H2. The van der Waals surface area contributed by atoms with Crippen molar-refractivity contribution in [3.63, 3.8) is 0 Å². The van der Waals surface area contributed by atoms with Crippen molar-refractivity contribution in [3.8, 4) is 5.75 Å². The van der Waals surface area contributed by atoms with Crippen molar-refractivity contribution in [1.82, 2.24) is 9.71 Å². The first kappa shape index (κ1) is 15.9. The Bertz CT molecular complexity index is 823. The molecule has 1 aliphatic heterocycles. The normalized spacial score (nSPS) is 21.3. The summed E-state index contributed by atoms with van der Waals surface area (Å²) >= 11 is 1.39. The van der Waals surface area contributed by atoms with Crippen LogP contribution >= 0.6 is 11.3 Å². The Kier molecular flexibility index (Phi) is 4.06. The lowest BCUT2D eigenvalue weighted by Gasteiger charge is -2.18. The molecule has 0 bridgehead atoms. The Morgan fingerprint density at radius 1 is 1.52 bits per heavy atom. The van der Waals surface area contributed by atoms with E-state index in [2.05, 4.69) is 9.71 Å². The Labute approximate surface area is 136 Å². The van der Waals surface area contributed by atoms with E-state index in [0.29, 0.717) is 16.9 Å². The summed E-state index contributed by atoms with van der Waals surface area (Å²) < 4.78 is 27.2. The summed E-state index contributed by atoms with van der Waals surface area (Å²) in [4.78, 5) is 14.9. The number of rotatable bonds is 4. The molecule has 1 aromatic carbocycles. The molecule has 0 spiro atoms. The third-order valence-corrected chi connectivity index (χ3v) is 5.85. The van der Waals surface area contributed by atoms with Crippen LogP contribution in [0.5, 0.6) is 5.75 Å². The number of hydrogen-bond acceptors (Lipinski definition) is 7. The van der Waals surface area contributed by atoms with Crippen molar-refractivity contribution >= 4 is 33.5 Å². The van der Waals surface area contributed by atoms with Gasteiger partial charge in [-0.1, -0.05) is 6.07 Å². The second kappa shape index (κ2) is 5.89. The summed E-state index contributed by atoms with van der Waals surface area (Å²) in [5, 5.41) is 12.7. The summed E-state index contributed by atoms with van der Waals surface area (Å²) in [6, 6.07) is 3.16. The van der Waals surface area contributed by atoms with E-state index < -0.39 is 22.3 Å². The molecule has 0 aliphatic carbocycles. The maximum absolute atomic E-state index is 12.0. The van der Waals surface area contributed by atoms with Crippen LogP contribution in [0, 0.1) is 0 Å². The molecule has 2 atom stereocenters. The van der Waals surface area contributed by atoms with Crippen molar-refractivity contribution in [2.75, 3.05) is 10.8 Å². The van der Waals surface area contributed by atoms with Gasteiger partial charge in [0.1, 0.15) is 17.0 Å². The van der Waals surface area contributed by atoms with Gasteiger partial charge in [-0.3, -0.25) is 4.31 Å². The topological polar surface area (TPSA) is 126 Å². The molecule has 1 fully saturated rings. The summed E-state index contributed by atoms with van der Waals surface area (Å²) in [6.45, 7) is -0.0721. The minimum absolute atomic E-state index is 0.0721. The van der Waals surface area contributed by atoms with Crippen LogP contribution in [0.15, 0.2) is 29.8 Å². The second-order valence-electron chi connectivity index (χ2n) is 4.99. The quantitative estimate of drug-likeness (QED) is 0.670. The third kappa shape index (κ3) is 2.93. The summed E-state index contributed by atoms with van der Waals surface area (Å²) in [5.74, 6) is -0.230. The number of aldehydes is 1. The molecular formula is C13H14N4O4S2. The molecule has 4 N–H and O–H groups in total. The van der Waals surface area contributed by atoms with Crippen molar-refractivity contribution in [2.45, 2.75) is 12.1 Å². The lowest BCUT2D eigenvalue weighted by Crippen LogP contribution is -2.30. The second-order valence-corrected chi connectivity index (χ2v) is 7.55. The first-order chi connectivity index (χ1) is 10.9. The molecule has 8 nitrogen and oxygen atoms in total.